The van der Waals surface area contributed by atoms with E-state index in [-0.39, 0.29) is 23.8 Å². The number of amides is 2. The fraction of sp³-hybridized carbons (Fsp3) is 0.516. The maximum absolute atomic E-state index is 12.7. The van der Waals surface area contributed by atoms with Crippen LogP contribution in [0.2, 0.25) is 0 Å². The number of benzene rings is 1. The van der Waals surface area contributed by atoms with E-state index < -0.39 is 11.5 Å². The number of pyridine rings is 1. The Labute approximate surface area is 245 Å². The quantitative estimate of drug-likeness (QED) is 0.447. The van der Waals surface area contributed by atoms with Gasteiger partial charge in [-0.15, -0.1) is 0 Å². The monoisotopic (exact) mass is 573 g/mol. The molecule has 3 N–H and O–H groups in total. The standard InChI is InChI=1S/C31H39N7O4/c1-31(2,3)42-30(40)38-12-4-5-21(16-38)35-29-27-26(33-18-34-29)23(28(32)39)15-24(36-27)19-6-8-22(9-7-19)41-25-17-37-13-10-20(25)11-14-37/h6-9,15,18,20-21,25H,4-5,10-14,16-17H2,1-3H3,(H2,32,39)(H,33,34,35)/t21-,25-/m0/s1. The van der Waals surface area contributed by atoms with Crippen LogP contribution in [-0.4, -0.2) is 87.2 Å². The highest BCUT2D eigenvalue weighted by Crippen LogP contribution is 2.32. The summed E-state index contributed by atoms with van der Waals surface area (Å²) in [6, 6.07) is 9.41. The Morgan fingerprint density at radius 2 is 1.76 bits per heavy atom. The molecule has 2 bridgehead atoms. The summed E-state index contributed by atoms with van der Waals surface area (Å²) in [5, 5.41) is 3.45. The molecule has 222 valence electrons. The van der Waals surface area contributed by atoms with Gasteiger partial charge < -0.3 is 25.4 Å². The summed E-state index contributed by atoms with van der Waals surface area (Å²) >= 11 is 0. The number of rotatable bonds is 6. The van der Waals surface area contributed by atoms with Crippen LogP contribution in [0.5, 0.6) is 5.75 Å². The van der Waals surface area contributed by atoms with Crippen LogP contribution in [0.3, 0.4) is 0 Å². The summed E-state index contributed by atoms with van der Waals surface area (Å²) in [4.78, 5) is 43.1. The highest BCUT2D eigenvalue weighted by Gasteiger charge is 2.35. The van der Waals surface area contributed by atoms with E-state index >= 15 is 0 Å². The van der Waals surface area contributed by atoms with Crippen LogP contribution in [0.1, 0.15) is 56.8 Å². The summed E-state index contributed by atoms with van der Waals surface area (Å²) in [6.45, 7) is 9.98. The predicted molar refractivity (Wildman–Crippen MR) is 159 cm³/mol. The van der Waals surface area contributed by atoms with Crippen LogP contribution in [0.25, 0.3) is 22.3 Å². The third-order valence-corrected chi connectivity index (χ3v) is 8.30. The number of aromatic nitrogens is 3. The normalized spacial score (nSPS) is 23.9. The number of hydrogen-bond donors (Lipinski definition) is 2. The van der Waals surface area contributed by atoms with E-state index in [1.54, 1.807) is 11.0 Å². The molecule has 2 atom stereocenters. The van der Waals surface area contributed by atoms with Crippen molar-refractivity contribution in [1.82, 2.24) is 24.8 Å². The van der Waals surface area contributed by atoms with Gasteiger partial charge in [0.1, 0.15) is 34.8 Å². The van der Waals surface area contributed by atoms with E-state index in [4.69, 9.17) is 20.2 Å². The average Bonchev–Trinajstić information content (AvgIpc) is 2.97. The van der Waals surface area contributed by atoms with Gasteiger partial charge in [-0.05, 0) is 95.8 Å². The van der Waals surface area contributed by atoms with Gasteiger partial charge in [0, 0.05) is 31.2 Å². The number of likely N-dealkylation sites (tertiary alicyclic amines) is 1. The van der Waals surface area contributed by atoms with Crippen molar-refractivity contribution < 1.29 is 19.1 Å². The SMILES string of the molecule is CC(C)(C)OC(=O)N1CCC[C@H](Nc2ncnc3c(C(N)=O)cc(-c4ccc(O[C@H]5CN6CCC5CC6)cc4)nc23)C1. The minimum atomic E-state index is -0.593. The van der Waals surface area contributed by atoms with Gasteiger partial charge >= 0.3 is 6.09 Å². The van der Waals surface area contributed by atoms with Gasteiger partial charge in [0.15, 0.2) is 5.82 Å². The molecular weight excluding hydrogens is 534 g/mol. The summed E-state index contributed by atoms with van der Waals surface area (Å²) < 4.78 is 11.9. The topological polar surface area (TPSA) is 136 Å². The van der Waals surface area contributed by atoms with E-state index in [1.807, 2.05) is 45.0 Å². The molecule has 2 aromatic heterocycles. The molecule has 2 amide bonds. The summed E-state index contributed by atoms with van der Waals surface area (Å²) in [5.41, 5.74) is 7.74. The van der Waals surface area contributed by atoms with E-state index in [9.17, 15) is 9.59 Å². The molecule has 42 heavy (non-hydrogen) atoms. The molecular formula is C31H39N7O4. The first-order valence-electron chi connectivity index (χ1n) is 14.8. The van der Waals surface area contributed by atoms with Crippen molar-refractivity contribution >= 4 is 28.9 Å². The number of ether oxygens (including phenoxy) is 2. The predicted octanol–water partition coefficient (Wildman–Crippen LogP) is 4.08. The Morgan fingerprint density at radius 1 is 1.00 bits per heavy atom. The van der Waals surface area contributed by atoms with Crippen molar-refractivity contribution in [2.45, 2.75) is 64.2 Å². The Balaban J connectivity index is 1.24. The average molecular weight is 574 g/mol. The third kappa shape index (κ3) is 6.11. The minimum Gasteiger partial charge on any atom is -0.489 e. The van der Waals surface area contributed by atoms with Gasteiger partial charge in [-0.2, -0.15) is 0 Å². The smallest absolute Gasteiger partial charge is 0.410 e. The first-order valence-corrected chi connectivity index (χ1v) is 14.8. The molecule has 4 fully saturated rings. The summed E-state index contributed by atoms with van der Waals surface area (Å²) in [6.07, 6.45) is 5.33. The van der Waals surface area contributed by atoms with Gasteiger partial charge in [0.05, 0.1) is 11.3 Å². The van der Waals surface area contributed by atoms with Crippen molar-refractivity contribution in [3.05, 3.63) is 42.2 Å². The van der Waals surface area contributed by atoms with Crippen molar-refractivity contribution in [2.24, 2.45) is 11.7 Å². The molecule has 4 aliphatic heterocycles. The summed E-state index contributed by atoms with van der Waals surface area (Å²) in [5.74, 6) is 1.33. The van der Waals surface area contributed by atoms with E-state index in [0.717, 1.165) is 30.7 Å². The van der Waals surface area contributed by atoms with Crippen LogP contribution in [0, 0.1) is 5.92 Å². The molecule has 4 saturated heterocycles. The number of nitrogens with zero attached hydrogens (tertiary/aromatic N) is 5. The van der Waals surface area contributed by atoms with E-state index in [2.05, 4.69) is 20.2 Å². The lowest BCUT2D eigenvalue weighted by molar-refractivity contribution is -0.00775. The number of primary amides is 1. The number of piperidine rings is 4. The van der Waals surface area contributed by atoms with Crippen molar-refractivity contribution in [1.29, 1.82) is 0 Å². The Hall–Kier alpha value is -3.99. The Bertz CT molecular complexity index is 1460. The van der Waals surface area contributed by atoms with Crippen LogP contribution in [-0.2, 0) is 4.74 Å². The molecule has 3 aromatic rings. The minimum absolute atomic E-state index is 0.0744. The molecule has 0 unspecified atom stereocenters. The molecule has 11 nitrogen and oxygen atoms in total. The van der Waals surface area contributed by atoms with E-state index in [1.165, 1.54) is 32.3 Å². The second kappa shape index (κ2) is 11.4. The van der Waals surface area contributed by atoms with Crippen LogP contribution in [0.4, 0.5) is 10.6 Å². The third-order valence-electron chi connectivity index (χ3n) is 8.30. The van der Waals surface area contributed by atoms with Gasteiger partial charge in [-0.25, -0.2) is 19.7 Å². The number of hydrogen-bond acceptors (Lipinski definition) is 9. The zero-order valence-electron chi connectivity index (χ0n) is 24.5. The highest BCUT2D eigenvalue weighted by molar-refractivity contribution is 6.06. The van der Waals surface area contributed by atoms with Crippen molar-refractivity contribution in [3.8, 4) is 17.0 Å². The lowest BCUT2D eigenvalue weighted by Gasteiger charge is -2.44. The molecule has 1 aromatic carbocycles. The maximum Gasteiger partial charge on any atom is 0.410 e. The van der Waals surface area contributed by atoms with E-state index in [0.29, 0.717) is 41.6 Å². The molecule has 4 aliphatic rings. The van der Waals surface area contributed by atoms with Gasteiger partial charge in [-0.3, -0.25) is 9.69 Å². The van der Waals surface area contributed by atoms with Crippen LogP contribution < -0.4 is 15.8 Å². The van der Waals surface area contributed by atoms with Gasteiger partial charge in [-0.1, -0.05) is 0 Å². The number of carbonyl (C=O) groups excluding carboxylic acids is 2. The fourth-order valence-corrected chi connectivity index (χ4v) is 6.18. The summed E-state index contributed by atoms with van der Waals surface area (Å²) in [7, 11) is 0. The van der Waals surface area contributed by atoms with Crippen LogP contribution in [0.15, 0.2) is 36.7 Å². The molecule has 6 heterocycles. The van der Waals surface area contributed by atoms with Crippen LogP contribution >= 0.6 is 0 Å². The second-order valence-electron chi connectivity index (χ2n) is 12.6. The van der Waals surface area contributed by atoms with Crippen molar-refractivity contribution in [2.75, 3.05) is 38.0 Å². The second-order valence-corrected chi connectivity index (χ2v) is 12.6. The van der Waals surface area contributed by atoms with Gasteiger partial charge in [0.2, 0.25) is 0 Å². The largest absolute Gasteiger partial charge is 0.489 e. The van der Waals surface area contributed by atoms with Crippen molar-refractivity contribution in [3.63, 3.8) is 0 Å². The molecule has 0 aliphatic carbocycles. The molecule has 0 saturated carbocycles. The number of anilines is 1. The number of nitrogens with one attached hydrogen (secondary N) is 1. The highest BCUT2D eigenvalue weighted by atomic mass is 16.6. The molecule has 0 radical (unpaired) electrons. The Kier molecular flexibility index (Phi) is 7.61. The maximum atomic E-state index is 12.7. The number of nitrogens with two attached hydrogens (primary N) is 1. The zero-order valence-corrected chi connectivity index (χ0v) is 24.5. The first kappa shape index (κ1) is 28.1. The number of fused-ring (bicyclic) bond motifs is 4. The first-order chi connectivity index (χ1) is 20.1. The molecule has 11 heteroatoms. The fourth-order valence-electron chi connectivity index (χ4n) is 6.18. The lowest BCUT2D eigenvalue weighted by Crippen LogP contribution is -2.52. The molecule has 7 rings (SSSR count). The molecule has 0 spiro atoms. The lowest BCUT2D eigenvalue weighted by atomic mass is 9.86. The zero-order chi connectivity index (χ0) is 29.4. The number of carbonyl (C=O) groups is 2. The van der Waals surface area contributed by atoms with Gasteiger partial charge in [0.25, 0.3) is 5.91 Å². The Morgan fingerprint density at radius 3 is 2.43 bits per heavy atom.